The van der Waals surface area contributed by atoms with Crippen molar-refractivity contribution in [2.24, 2.45) is 0 Å². The van der Waals surface area contributed by atoms with Gasteiger partial charge in [0, 0.05) is 6.08 Å². The number of hydrogen-bond donors (Lipinski definition) is 1. The summed E-state index contributed by atoms with van der Waals surface area (Å²) < 4.78 is 5.02. The number of aryl methyl sites for hydroxylation is 1. The Morgan fingerprint density at radius 2 is 1.76 bits per heavy atom. The first-order valence-corrected chi connectivity index (χ1v) is 8.34. The average Bonchev–Trinajstić information content (AvgIpc) is 2.61. The number of carbonyl (C=O) groups is 2. The van der Waals surface area contributed by atoms with E-state index >= 15 is 0 Å². The Morgan fingerprint density at radius 3 is 2.40 bits per heavy atom. The zero-order chi connectivity index (χ0) is 18.1. The molecule has 2 aromatic rings. The zero-order valence-corrected chi connectivity index (χ0v) is 14.6. The molecule has 0 saturated carbocycles. The first kappa shape index (κ1) is 18.5. The molecule has 0 bridgehead atoms. The molecule has 0 aliphatic carbocycles. The molecule has 0 saturated heterocycles. The third-order valence-corrected chi connectivity index (χ3v) is 3.70. The van der Waals surface area contributed by atoms with Gasteiger partial charge in [-0.15, -0.1) is 0 Å². The summed E-state index contributed by atoms with van der Waals surface area (Å²) in [6.07, 6.45) is 3.31. The number of rotatable bonds is 7. The van der Waals surface area contributed by atoms with E-state index in [9.17, 15) is 9.59 Å². The van der Waals surface area contributed by atoms with Crippen LogP contribution in [0.3, 0.4) is 0 Å². The third-order valence-electron chi connectivity index (χ3n) is 3.70. The molecule has 1 atom stereocenters. The second-order valence-corrected chi connectivity index (χ2v) is 5.73. The van der Waals surface area contributed by atoms with Crippen molar-refractivity contribution in [3.05, 3.63) is 77.4 Å². The van der Waals surface area contributed by atoms with Crippen LogP contribution in [0.15, 0.2) is 60.7 Å². The first-order valence-electron chi connectivity index (χ1n) is 8.34. The highest BCUT2D eigenvalue weighted by atomic mass is 16.5. The van der Waals surface area contributed by atoms with Crippen molar-refractivity contribution in [1.82, 2.24) is 5.32 Å². The van der Waals surface area contributed by atoms with E-state index in [0.29, 0.717) is 6.61 Å². The van der Waals surface area contributed by atoms with Gasteiger partial charge in [-0.2, -0.15) is 0 Å². The SMILES string of the molecule is CCOC(=O)CC(NC(=O)C=Cc1ccccc1)c1ccc(C)cc1. The molecule has 0 aromatic heterocycles. The topological polar surface area (TPSA) is 55.4 Å². The van der Waals surface area contributed by atoms with Crippen LogP contribution in [0.5, 0.6) is 0 Å². The van der Waals surface area contributed by atoms with Crippen molar-refractivity contribution in [2.45, 2.75) is 26.3 Å². The molecule has 0 aliphatic rings. The standard InChI is InChI=1S/C21H23NO3/c1-3-25-21(24)15-19(18-12-9-16(2)10-13-18)22-20(23)14-11-17-7-5-4-6-8-17/h4-14,19H,3,15H2,1-2H3,(H,22,23). The lowest BCUT2D eigenvalue weighted by molar-refractivity contribution is -0.143. The highest BCUT2D eigenvalue weighted by molar-refractivity contribution is 5.92. The van der Waals surface area contributed by atoms with Crippen LogP contribution >= 0.6 is 0 Å². The van der Waals surface area contributed by atoms with Crippen LogP contribution in [-0.4, -0.2) is 18.5 Å². The average molecular weight is 337 g/mol. The van der Waals surface area contributed by atoms with Crippen molar-refractivity contribution in [3.8, 4) is 0 Å². The molecule has 2 rings (SSSR count). The van der Waals surface area contributed by atoms with Crippen molar-refractivity contribution in [2.75, 3.05) is 6.61 Å². The van der Waals surface area contributed by atoms with Gasteiger partial charge in [-0.05, 0) is 31.1 Å². The fourth-order valence-electron chi connectivity index (χ4n) is 2.39. The lowest BCUT2D eigenvalue weighted by atomic mass is 10.0. The molecule has 0 radical (unpaired) electrons. The number of amides is 1. The van der Waals surface area contributed by atoms with E-state index in [0.717, 1.165) is 16.7 Å². The fourth-order valence-corrected chi connectivity index (χ4v) is 2.39. The minimum absolute atomic E-state index is 0.0990. The van der Waals surface area contributed by atoms with Crippen molar-refractivity contribution < 1.29 is 14.3 Å². The fraction of sp³-hybridized carbons (Fsp3) is 0.238. The Morgan fingerprint density at radius 1 is 1.08 bits per heavy atom. The lowest BCUT2D eigenvalue weighted by Crippen LogP contribution is -2.29. The van der Waals surface area contributed by atoms with Gasteiger partial charge in [-0.25, -0.2) is 0 Å². The van der Waals surface area contributed by atoms with Gasteiger partial charge < -0.3 is 10.1 Å². The zero-order valence-electron chi connectivity index (χ0n) is 14.6. The van der Waals surface area contributed by atoms with E-state index < -0.39 is 6.04 Å². The van der Waals surface area contributed by atoms with Crippen LogP contribution in [0, 0.1) is 6.92 Å². The molecule has 25 heavy (non-hydrogen) atoms. The number of carbonyl (C=O) groups excluding carboxylic acids is 2. The predicted octanol–water partition coefficient (Wildman–Crippen LogP) is 3.82. The van der Waals surface area contributed by atoms with Crippen molar-refractivity contribution in [1.29, 1.82) is 0 Å². The molecule has 1 amide bonds. The van der Waals surface area contributed by atoms with E-state index in [1.165, 1.54) is 6.08 Å². The quantitative estimate of drug-likeness (QED) is 0.617. The maximum atomic E-state index is 12.3. The van der Waals surface area contributed by atoms with Crippen LogP contribution in [-0.2, 0) is 14.3 Å². The second kappa shape index (κ2) is 9.42. The number of esters is 1. The summed E-state index contributed by atoms with van der Waals surface area (Å²) in [5, 5.41) is 2.89. The molecule has 4 heteroatoms. The molecule has 1 N–H and O–H groups in total. The van der Waals surface area contributed by atoms with Crippen LogP contribution in [0.4, 0.5) is 0 Å². The Labute approximate surface area is 148 Å². The van der Waals surface area contributed by atoms with Crippen LogP contribution in [0.25, 0.3) is 6.08 Å². The first-order chi connectivity index (χ1) is 12.1. The molecule has 130 valence electrons. The van der Waals surface area contributed by atoms with E-state index in [1.54, 1.807) is 13.0 Å². The summed E-state index contributed by atoms with van der Waals surface area (Å²) >= 11 is 0. The van der Waals surface area contributed by atoms with Crippen molar-refractivity contribution >= 4 is 18.0 Å². The Kier molecular flexibility index (Phi) is 6.96. The molecular weight excluding hydrogens is 314 g/mol. The summed E-state index contributed by atoms with van der Waals surface area (Å²) in [6.45, 7) is 4.08. The third kappa shape index (κ3) is 6.26. The number of hydrogen-bond acceptors (Lipinski definition) is 3. The highest BCUT2D eigenvalue weighted by Gasteiger charge is 2.18. The number of nitrogens with one attached hydrogen (secondary N) is 1. The van der Waals surface area contributed by atoms with Gasteiger partial charge >= 0.3 is 5.97 Å². The smallest absolute Gasteiger partial charge is 0.308 e. The lowest BCUT2D eigenvalue weighted by Gasteiger charge is -2.18. The maximum absolute atomic E-state index is 12.3. The Hall–Kier alpha value is -2.88. The minimum Gasteiger partial charge on any atom is -0.466 e. The van der Waals surface area contributed by atoms with Gasteiger partial charge in [0.25, 0.3) is 0 Å². The van der Waals surface area contributed by atoms with Gasteiger partial charge in [0.05, 0.1) is 19.1 Å². The van der Waals surface area contributed by atoms with Gasteiger partial charge in [-0.3, -0.25) is 9.59 Å². The monoisotopic (exact) mass is 337 g/mol. The molecule has 0 aliphatic heterocycles. The van der Waals surface area contributed by atoms with E-state index in [-0.39, 0.29) is 18.3 Å². The maximum Gasteiger partial charge on any atom is 0.308 e. The minimum atomic E-state index is -0.424. The molecule has 2 aromatic carbocycles. The van der Waals surface area contributed by atoms with Gasteiger partial charge in [0.15, 0.2) is 0 Å². The molecule has 0 spiro atoms. The molecule has 0 fully saturated rings. The summed E-state index contributed by atoms with van der Waals surface area (Å²) in [6, 6.07) is 16.9. The van der Waals surface area contributed by atoms with E-state index in [1.807, 2.05) is 61.5 Å². The molecular formula is C21H23NO3. The van der Waals surface area contributed by atoms with E-state index in [2.05, 4.69) is 5.32 Å². The Balaban J connectivity index is 2.09. The van der Waals surface area contributed by atoms with Crippen LogP contribution < -0.4 is 5.32 Å². The van der Waals surface area contributed by atoms with Crippen LogP contribution in [0.1, 0.15) is 36.1 Å². The molecule has 4 nitrogen and oxygen atoms in total. The summed E-state index contributed by atoms with van der Waals surface area (Å²) in [4.78, 5) is 24.1. The van der Waals surface area contributed by atoms with Crippen LogP contribution in [0.2, 0.25) is 0 Å². The molecule has 0 heterocycles. The number of ether oxygens (including phenoxy) is 1. The Bertz CT molecular complexity index is 721. The second-order valence-electron chi connectivity index (χ2n) is 5.73. The van der Waals surface area contributed by atoms with Gasteiger partial charge in [0.1, 0.15) is 0 Å². The summed E-state index contributed by atoms with van der Waals surface area (Å²) in [5.74, 6) is -0.584. The summed E-state index contributed by atoms with van der Waals surface area (Å²) in [7, 11) is 0. The molecule has 1 unspecified atom stereocenters. The number of benzene rings is 2. The van der Waals surface area contributed by atoms with Gasteiger partial charge in [0.2, 0.25) is 5.91 Å². The van der Waals surface area contributed by atoms with Crippen molar-refractivity contribution in [3.63, 3.8) is 0 Å². The van der Waals surface area contributed by atoms with E-state index in [4.69, 9.17) is 4.74 Å². The largest absolute Gasteiger partial charge is 0.466 e. The normalized spacial score (nSPS) is 11.9. The highest BCUT2D eigenvalue weighted by Crippen LogP contribution is 2.18. The van der Waals surface area contributed by atoms with Gasteiger partial charge in [-0.1, -0.05) is 60.2 Å². The predicted molar refractivity (Wildman–Crippen MR) is 98.8 cm³/mol. The summed E-state index contributed by atoms with van der Waals surface area (Å²) in [5.41, 5.74) is 2.93.